The summed E-state index contributed by atoms with van der Waals surface area (Å²) in [6.45, 7) is 1.88. The van der Waals surface area contributed by atoms with Crippen molar-refractivity contribution in [3.05, 3.63) is 89.5 Å². The first kappa shape index (κ1) is 24.3. The van der Waals surface area contributed by atoms with Crippen LogP contribution in [-0.4, -0.2) is 43.3 Å². The zero-order valence-electron chi connectivity index (χ0n) is 18.8. The number of carbonyl (C=O) groups is 1. The van der Waals surface area contributed by atoms with Crippen LogP contribution in [0.5, 0.6) is 5.75 Å². The Balaban J connectivity index is 1.41. The molecule has 1 amide bonds. The number of aromatic hydroxyl groups is 1. The van der Waals surface area contributed by atoms with Gasteiger partial charge in [0.05, 0.1) is 11.8 Å². The van der Waals surface area contributed by atoms with Gasteiger partial charge < -0.3 is 31.5 Å². The fourth-order valence-electron chi connectivity index (χ4n) is 3.61. The van der Waals surface area contributed by atoms with Crippen molar-refractivity contribution in [1.82, 2.24) is 10.6 Å². The van der Waals surface area contributed by atoms with Crippen LogP contribution in [0.15, 0.2) is 72.8 Å². The van der Waals surface area contributed by atoms with E-state index < -0.39 is 6.10 Å². The van der Waals surface area contributed by atoms with E-state index in [2.05, 4.69) is 69.8 Å². The van der Waals surface area contributed by atoms with Gasteiger partial charge in [-0.2, -0.15) is 0 Å². The molecule has 0 saturated heterocycles. The summed E-state index contributed by atoms with van der Waals surface area (Å²) in [6, 6.07) is 23.6. The molecule has 0 fully saturated rings. The molecule has 7 nitrogen and oxygen atoms in total. The lowest BCUT2D eigenvalue weighted by atomic mass is 10.1. The van der Waals surface area contributed by atoms with Gasteiger partial charge in [0.2, 0.25) is 6.41 Å². The van der Waals surface area contributed by atoms with Gasteiger partial charge in [0.15, 0.2) is 0 Å². The molecule has 0 saturated carbocycles. The van der Waals surface area contributed by atoms with Crippen LogP contribution in [-0.2, 0) is 11.2 Å². The fraction of sp³-hybridized carbons (Fsp3) is 0.269. The molecule has 0 aliphatic rings. The van der Waals surface area contributed by atoms with Crippen molar-refractivity contribution >= 4 is 17.8 Å². The van der Waals surface area contributed by atoms with Crippen LogP contribution in [0.25, 0.3) is 0 Å². The SMILES string of the molecule is CN[C@@H](CNc1ccc(CCNC[C@H](O)c2ccc(O)c(NC=O)c2)cc1)c1ccccc1. The molecule has 0 aliphatic carbocycles. The lowest BCUT2D eigenvalue weighted by Gasteiger charge is -2.18. The molecule has 6 N–H and O–H groups in total. The summed E-state index contributed by atoms with van der Waals surface area (Å²) in [5.41, 5.74) is 4.43. The smallest absolute Gasteiger partial charge is 0.211 e. The minimum absolute atomic E-state index is 0.0366. The van der Waals surface area contributed by atoms with E-state index in [1.165, 1.54) is 17.2 Å². The number of amides is 1. The summed E-state index contributed by atoms with van der Waals surface area (Å²) in [5, 5.41) is 32.6. The number of aliphatic hydroxyl groups excluding tert-OH is 1. The van der Waals surface area contributed by atoms with Crippen molar-refractivity contribution in [1.29, 1.82) is 0 Å². The Kier molecular flexibility index (Phi) is 9.26. The van der Waals surface area contributed by atoms with Crippen molar-refractivity contribution in [3.8, 4) is 5.75 Å². The number of phenols is 1. The highest BCUT2D eigenvalue weighted by atomic mass is 16.3. The monoisotopic (exact) mass is 448 g/mol. The fourth-order valence-corrected chi connectivity index (χ4v) is 3.61. The van der Waals surface area contributed by atoms with E-state index >= 15 is 0 Å². The van der Waals surface area contributed by atoms with Crippen LogP contribution in [0.4, 0.5) is 11.4 Å². The zero-order valence-corrected chi connectivity index (χ0v) is 18.8. The Hall–Kier alpha value is -3.39. The third-order valence-corrected chi connectivity index (χ3v) is 5.56. The second-order valence-corrected chi connectivity index (χ2v) is 7.84. The number of nitrogens with one attached hydrogen (secondary N) is 4. The first-order chi connectivity index (χ1) is 16.1. The molecule has 3 rings (SSSR count). The predicted molar refractivity (Wildman–Crippen MR) is 133 cm³/mol. The molecule has 0 heterocycles. The molecule has 0 unspecified atom stereocenters. The first-order valence-electron chi connectivity index (χ1n) is 11.1. The first-order valence-corrected chi connectivity index (χ1v) is 11.1. The molecule has 3 aromatic rings. The average Bonchev–Trinajstić information content (AvgIpc) is 2.85. The lowest BCUT2D eigenvalue weighted by Crippen LogP contribution is -2.24. The largest absolute Gasteiger partial charge is 0.506 e. The van der Waals surface area contributed by atoms with E-state index in [4.69, 9.17) is 0 Å². The van der Waals surface area contributed by atoms with Gasteiger partial charge in [0.1, 0.15) is 5.75 Å². The van der Waals surface area contributed by atoms with E-state index in [1.807, 2.05) is 13.1 Å². The van der Waals surface area contributed by atoms with E-state index in [-0.39, 0.29) is 17.5 Å². The molecule has 33 heavy (non-hydrogen) atoms. The maximum Gasteiger partial charge on any atom is 0.211 e. The summed E-state index contributed by atoms with van der Waals surface area (Å²) in [7, 11) is 1.97. The highest BCUT2D eigenvalue weighted by Crippen LogP contribution is 2.26. The lowest BCUT2D eigenvalue weighted by molar-refractivity contribution is -0.105. The molecule has 0 aromatic heterocycles. The number of hydrogen-bond donors (Lipinski definition) is 6. The van der Waals surface area contributed by atoms with Crippen LogP contribution in [0.1, 0.15) is 28.8 Å². The number of hydrogen-bond acceptors (Lipinski definition) is 6. The minimum Gasteiger partial charge on any atom is -0.506 e. The third kappa shape index (κ3) is 7.32. The summed E-state index contributed by atoms with van der Waals surface area (Å²) < 4.78 is 0. The molecular weight excluding hydrogens is 416 g/mol. The Morgan fingerprint density at radius 1 is 0.939 bits per heavy atom. The molecule has 3 aromatic carbocycles. The molecule has 7 heteroatoms. The van der Waals surface area contributed by atoms with Crippen molar-refractivity contribution < 1.29 is 15.0 Å². The Morgan fingerprint density at radius 2 is 1.70 bits per heavy atom. The maximum absolute atomic E-state index is 10.6. The highest BCUT2D eigenvalue weighted by Gasteiger charge is 2.11. The van der Waals surface area contributed by atoms with Gasteiger partial charge >= 0.3 is 0 Å². The molecule has 174 valence electrons. The van der Waals surface area contributed by atoms with Gasteiger partial charge in [-0.05, 0) is 61.0 Å². The van der Waals surface area contributed by atoms with Gasteiger partial charge in [0.25, 0.3) is 0 Å². The Labute approximate surface area is 194 Å². The van der Waals surface area contributed by atoms with Crippen LogP contribution in [0.2, 0.25) is 0 Å². The summed E-state index contributed by atoms with van der Waals surface area (Å²) in [6.07, 6.45) is 0.588. The molecule has 0 spiro atoms. The summed E-state index contributed by atoms with van der Waals surface area (Å²) in [4.78, 5) is 10.6. The summed E-state index contributed by atoms with van der Waals surface area (Å²) in [5.74, 6) is -0.0366. The Bertz CT molecular complexity index is 996. The minimum atomic E-state index is -0.742. The second kappa shape index (κ2) is 12.6. The van der Waals surface area contributed by atoms with Crippen molar-refractivity contribution in [2.75, 3.05) is 37.3 Å². The molecule has 0 bridgehead atoms. The quantitative estimate of drug-likeness (QED) is 0.136. The molecule has 2 atom stereocenters. The van der Waals surface area contributed by atoms with Crippen LogP contribution in [0, 0.1) is 0 Å². The standard InChI is InChI=1S/C26H32N4O3/c1-27-24(20-5-3-2-4-6-20)16-29-22-10-7-19(8-11-22)13-14-28-17-26(33)21-9-12-25(32)23(15-21)30-18-31/h2-12,15,18,24,26-29,32-33H,13-14,16-17H2,1H3,(H,30,31)/t24-,26-/m0/s1. The van der Waals surface area contributed by atoms with E-state index in [0.29, 0.717) is 18.5 Å². The van der Waals surface area contributed by atoms with Gasteiger partial charge in [-0.25, -0.2) is 0 Å². The summed E-state index contributed by atoms with van der Waals surface area (Å²) >= 11 is 0. The van der Waals surface area contributed by atoms with Crippen molar-refractivity contribution in [3.63, 3.8) is 0 Å². The van der Waals surface area contributed by atoms with E-state index in [9.17, 15) is 15.0 Å². The maximum atomic E-state index is 10.6. The topological polar surface area (TPSA) is 106 Å². The normalized spacial score (nSPS) is 12.7. The van der Waals surface area contributed by atoms with Gasteiger partial charge in [0, 0.05) is 24.8 Å². The number of carbonyl (C=O) groups excluding carboxylic acids is 1. The number of phenolic OH excluding ortho intramolecular Hbond substituents is 1. The zero-order chi connectivity index (χ0) is 23.5. The second-order valence-electron chi connectivity index (χ2n) is 7.84. The van der Waals surface area contributed by atoms with Crippen LogP contribution in [0.3, 0.4) is 0 Å². The van der Waals surface area contributed by atoms with Gasteiger partial charge in [-0.3, -0.25) is 4.79 Å². The van der Waals surface area contributed by atoms with Gasteiger partial charge in [-0.15, -0.1) is 0 Å². The molecule has 0 aliphatic heterocycles. The highest BCUT2D eigenvalue weighted by molar-refractivity contribution is 5.75. The third-order valence-electron chi connectivity index (χ3n) is 5.56. The van der Waals surface area contributed by atoms with Crippen molar-refractivity contribution in [2.24, 2.45) is 0 Å². The number of aliphatic hydroxyl groups is 1. The predicted octanol–water partition coefficient (Wildman–Crippen LogP) is 3.20. The van der Waals surface area contributed by atoms with Crippen LogP contribution >= 0.6 is 0 Å². The van der Waals surface area contributed by atoms with Gasteiger partial charge in [-0.1, -0.05) is 48.5 Å². The van der Waals surface area contributed by atoms with Crippen molar-refractivity contribution in [2.45, 2.75) is 18.6 Å². The number of benzene rings is 3. The number of rotatable bonds is 13. The van der Waals surface area contributed by atoms with E-state index in [0.717, 1.165) is 25.2 Å². The van der Waals surface area contributed by atoms with E-state index in [1.54, 1.807) is 12.1 Å². The van der Waals surface area contributed by atoms with Crippen LogP contribution < -0.4 is 21.3 Å². The Morgan fingerprint density at radius 3 is 2.39 bits per heavy atom. The number of likely N-dealkylation sites (N-methyl/N-ethyl adjacent to an activating group) is 1. The molecule has 0 radical (unpaired) electrons. The average molecular weight is 449 g/mol. The molecular formula is C26H32N4O3. The number of anilines is 2.